The molecule has 0 saturated carbocycles. The van der Waals surface area contributed by atoms with Gasteiger partial charge in [-0.1, -0.05) is 6.07 Å². The van der Waals surface area contributed by atoms with E-state index < -0.39 is 5.54 Å². The number of nitrogens with zero attached hydrogens (tertiary/aromatic N) is 2. The zero-order valence-corrected chi connectivity index (χ0v) is 12.4. The second-order valence-electron chi connectivity index (χ2n) is 5.02. The van der Waals surface area contributed by atoms with Crippen LogP contribution in [-0.2, 0) is 6.42 Å². The smallest absolute Gasteiger partial charge is 0.125 e. The maximum atomic E-state index is 9.10. The van der Waals surface area contributed by atoms with Gasteiger partial charge in [0.15, 0.2) is 0 Å². The number of methoxy groups -OCH3 is 2. The van der Waals surface area contributed by atoms with Gasteiger partial charge in [-0.25, -0.2) is 0 Å². The average molecular weight is 262 g/mol. The minimum atomic E-state index is -0.459. The van der Waals surface area contributed by atoms with Gasteiger partial charge in [-0.15, -0.1) is 0 Å². The molecule has 0 aliphatic heterocycles. The molecule has 0 saturated heterocycles. The normalized spacial score (nSPS) is 11.2. The highest BCUT2D eigenvalue weighted by molar-refractivity contribution is 5.40. The Bertz CT molecular complexity index is 464. The Kier molecular flexibility index (Phi) is 5.20. The van der Waals surface area contributed by atoms with Gasteiger partial charge >= 0.3 is 0 Å². The minimum absolute atomic E-state index is 0.459. The lowest BCUT2D eigenvalue weighted by Crippen LogP contribution is -2.40. The second kappa shape index (κ2) is 6.44. The SMILES string of the molecule is COc1ccc(CCN(C)C(C)(C)C#N)c(OC)c1. The lowest BCUT2D eigenvalue weighted by atomic mass is 10.0. The van der Waals surface area contributed by atoms with E-state index in [1.54, 1.807) is 14.2 Å². The van der Waals surface area contributed by atoms with Gasteiger partial charge in [-0.05, 0) is 38.9 Å². The van der Waals surface area contributed by atoms with Crippen molar-refractivity contribution in [2.45, 2.75) is 25.8 Å². The fourth-order valence-electron chi connectivity index (χ4n) is 1.71. The topological polar surface area (TPSA) is 45.5 Å². The van der Waals surface area contributed by atoms with Gasteiger partial charge in [0.1, 0.15) is 17.0 Å². The van der Waals surface area contributed by atoms with Crippen molar-refractivity contribution < 1.29 is 9.47 Å². The Morgan fingerprint density at radius 1 is 1.26 bits per heavy atom. The molecule has 0 radical (unpaired) electrons. The summed E-state index contributed by atoms with van der Waals surface area (Å²) in [5.74, 6) is 1.61. The first-order valence-electron chi connectivity index (χ1n) is 6.28. The molecule has 0 unspecified atom stereocenters. The van der Waals surface area contributed by atoms with Crippen molar-refractivity contribution in [1.29, 1.82) is 5.26 Å². The number of hydrogen-bond donors (Lipinski definition) is 0. The highest BCUT2D eigenvalue weighted by Crippen LogP contribution is 2.25. The molecule has 0 spiro atoms. The van der Waals surface area contributed by atoms with Crippen molar-refractivity contribution in [3.63, 3.8) is 0 Å². The third-order valence-electron chi connectivity index (χ3n) is 3.44. The molecule has 19 heavy (non-hydrogen) atoms. The summed E-state index contributed by atoms with van der Waals surface area (Å²) in [7, 11) is 5.25. The van der Waals surface area contributed by atoms with Crippen LogP contribution in [0.25, 0.3) is 0 Å². The summed E-state index contributed by atoms with van der Waals surface area (Å²) in [5.41, 5.74) is 0.656. The summed E-state index contributed by atoms with van der Waals surface area (Å²) in [6.45, 7) is 4.62. The molecule has 0 amide bonds. The fourth-order valence-corrected chi connectivity index (χ4v) is 1.71. The molecule has 104 valence electrons. The molecular formula is C15H22N2O2. The molecule has 0 aliphatic rings. The molecule has 4 heteroatoms. The average Bonchev–Trinajstić information content (AvgIpc) is 2.44. The van der Waals surface area contributed by atoms with E-state index >= 15 is 0 Å². The highest BCUT2D eigenvalue weighted by atomic mass is 16.5. The molecule has 1 aromatic carbocycles. The molecule has 0 fully saturated rings. The first-order chi connectivity index (χ1) is 8.94. The minimum Gasteiger partial charge on any atom is -0.497 e. The van der Waals surface area contributed by atoms with E-state index in [2.05, 4.69) is 6.07 Å². The van der Waals surface area contributed by atoms with Crippen LogP contribution < -0.4 is 9.47 Å². The molecule has 0 heterocycles. The van der Waals surface area contributed by atoms with E-state index in [1.165, 1.54) is 0 Å². The van der Waals surface area contributed by atoms with Gasteiger partial charge < -0.3 is 9.47 Å². The summed E-state index contributed by atoms with van der Waals surface area (Å²) >= 11 is 0. The standard InChI is InChI=1S/C15H22N2O2/c1-15(2,11-16)17(3)9-8-12-6-7-13(18-4)10-14(12)19-5/h6-7,10H,8-9H2,1-5H3. The van der Waals surface area contributed by atoms with Crippen LogP contribution in [0.15, 0.2) is 18.2 Å². The molecule has 0 atom stereocenters. The van der Waals surface area contributed by atoms with Crippen molar-refractivity contribution in [2.75, 3.05) is 27.8 Å². The number of rotatable bonds is 6. The van der Waals surface area contributed by atoms with Gasteiger partial charge in [-0.2, -0.15) is 5.26 Å². The number of benzene rings is 1. The summed E-state index contributed by atoms with van der Waals surface area (Å²) < 4.78 is 10.5. The highest BCUT2D eigenvalue weighted by Gasteiger charge is 2.22. The maximum Gasteiger partial charge on any atom is 0.125 e. The summed E-state index contributed by atoms with van der Waals surface area (Å²) in [4.78, 5) is 2.04. The Labute approximate surface area is 115 Å². The third-order valence-corrected chi connectivity index (χ3v) is 3.44. The lowest BCUT2D eigenvalue weighted by Gasteiger charge is -2.29. The van der Waals surface area contributed by atoms with Gasteiger partial charge in [0.05, 0.1) is 20.3 Å². The molecule has 0 aliphatic carbocycles. The van der Waals surface area contributed by atoms with Crippen LogP contribution in [0.3, 0.4) is 0 Å². The van der Waals surface area contributed by atoms with E-state index in [0.29, 0.717) is 0 Å². The number of likely N-dealkylation sites (N-methyl/N-ethyl adjacent to an activating group) is 1. The van der Waals surface area contributed by atoms with Crippen LogP contribution in [0.5, 0.6) is 11.5 Å². The first kappa shape index (κ1) is 15.3. The van der Waals surface area contributed by atoms with E-state index in [0.717, 1.165) is 30.0 Å². The van der Waals surface area contributed by atoms with Crippen LogP contribution in [0.4, 0.5) is 0 Å². The van der Waals surface area contributed by atoms with Crippen LogP contribution in [0, 0.1) is 11.3 Å². The molecular weight excluding hydrogens is 240 g/mol. The second-order valence-corrected chi connectivity index (χ2v) is 5.02. The predicted molar refractivity (Wildman–Crippen MR) is 75.6 cm³/mol. The fraction of sp³-hybridized carbons (Fsp3) is 0.533. The Hall–Kier alpha value is -1.73. The van der Waals surface area contributed by atoms with E-state index in [-0.39, 0.29) is 0 Å². The lowest BCUT2D eigenvalue weighted by molar-refractivity contribution is 0.213. The quantitative estimate of drug-likeness (QED) is 0.790. The molecule has 1 rings (SSSR count). The van der Waals surface area contributed by atoms with Crippen molar-refractivity contribution in [2.24, 2.45) is 0 Å². The van der Waals surface area contributed by atoms with Crippen molar-refractivity contribution in [1.82, 2.24) is 4.90 Å². The molecule has 0 N–H and O–H groups in total. The Morgan fingerprint density at radius 3 is 2.47 bits per heavy atom. The van der Waals surface area contributed by atoms with E-state index in [9.17, 15) is 0 Å². The Balaban J connectivity index is 2.76. The molecule has 1 aromatic rings. The summed E-state index contributed by atoms with van der Waals surface area (Å²) in [6.07, 6.45) is 0.828. The van der Waals surface area contributed by atoms with Gasteiger partial charge in [0.2, 0.25) is 0 Å². The van der Waals surface area contributed by atoms with Gasteiger partial charge in [0, 0.05) is 12.6 Å². The number of nitriles is 1. The van der Waals surface area contributed by atoms with Crippen LogP contribution in [-0.4, -0.2) is 38.3 Å². The molecule has 0 aromatic heterocycles. The third kappa shape index (κ3) is 3.87. The van der Waals surface area contributed by atoms with Crippen LogP contribution >= 0.6 is 0 Å². The number of hydrogen-bond acceptors (Lipinski definition) is 4. The van der Waals surface area contributed by atoms with Crippen molar-refractivity contribution in [3.8, 4) is 17.6 Å². The summed E-state index contributed by atoms with van der Waals surface area (Å²) in [6, 6.07) is 8.11. The summed E-state index contributed by atoms with van der Waals surface area (Å²) in [5, 5.41) is 9.10. The maximum absolute atomic E-state index is 9.10. The van der Waals surface area contributed by atoms with Crippen molar-refractivity contribution >= 4 is 0 Å². The predicted octanol–water partition coefficient (Wildman–Crippen LogP) is 2.48. The van der Waals surface area contributed by atoms with E-state index in [4.69, 9.17) is 14.7 Å². The van der Waals surface area contributed by atoms with Crippen LogP contribution in [0.2, 0.25) is 0 Å². The first-order valence-corrected chi connectivity index (χ1v) is 6.28. The van der Waals surface area contributed by atoms with E-state index in [1.807, 2.05) is 44.0 Å². The number of ether oxygens (including phenoxy) is 2. The largest absolute Gasteiger partial charge is 0.497 e. The molecule has 4 nitrogen and oxygen atoms in total. The Morgan fingerprint density at radius 2 is 1.95 bits per heavy atom. The molecule has 0 bridgehead atoms. The van der Waals surface area contributed by atoms with Crippen molar-refractivity contribution in [3.05, 3.63) is 23.8 Å². The zero-order chi connectivity index (χ0) is 14.5. The zero-order valence-electron chi connectivity index (χ0n) is 12.4. The monoisotopic (exact) mass is 262 g/mol. The van der Waals surface area contributed by atoms with Gasteiger partial charge in [-0.3, -0.25) is 4.90 Å². The van der Waals surface area contributed by atoms with Crippen LogP contribution in [0.1, 0.15) is 19.4 Å². The van der Waals surface area contributed by atoms with Gasteiger partial charge in [0.25, 0.3) is 0 Å².